The van der Waals surface area contributed by atoms with Crippen LogP contribution in [0.4, 0.5) is 22.7 Å². The fraction of sp³-hybridized carbons (Fsp3) is 0. The van der Waals surface area contributed by atoms with Crippen LogP contribution < -0.4 is 10.5 Å². The first-order chi connectivity index (χ1) is 10.8. The van der Waals surface area contributed by atoms with Gasteiger partial charge in [-0.15, -0.1) is 0 Å². The molecule has 0 fully saturated rings. The number of nitrogens with zero attached hydrogens (tertiary/aromatic N) is 4. The van der Waals surface area contributed by atoms with Crippen molar-refractivity contribution in [1.82, 2.24) is 0 Å². The van der Waals surface area contributed by atoms with Gasteiger partial charge in [0.25, 0.3) is 15.7 Å². The molecule has 23 heavy (non-hydrogen) atoms. The summed E-state index contributed by atoms with van der Waals surface area (Å²) in [5, 5.41) is 14.1. The summed E-state index contributed by atoms with van der Waals surface area (Å²) in [4.78, 5) is 12.3. The average molecular weight is 334 g/mol. The van der Waals surface area contributed by atoms with Crippen LogP contribution in [0.1, 0.15) is 0 Å². The highest BCUT2D eigenvalue weighted by Crippen LogP contribution is 2.30. The number of azide groups is 1. The maximum atomic E-state index is 12.3. The highest BCUT2D eigenvalue weighted by molar-refractivity contribution is 7.92. The van der Waals surface area contributed by atoms with E-state index in [1.165, 1.54) is 24.3 Å². The zero-order valence-electron chi connectivity index (χ0n) is 11.4. The van der Waals surface area contributed by atoms with Crippen molar-refractivity contribution in [2.75, 3.05) is 10.5 Å². The van der Waals surface area contributed by atoms with Gasteiger partial charge >= 0.3 is 0 Å². The summed E-state index contributed by atoms with van der Waals surface area (Å²) >= 11 is 0. The number of nitro benzene ring substituents is 1. The smallest absolute Gasteiger partial charge is 0.280 e. The van der Waals surface area contributed by atoms with E-state index in [1.54, 1.807) is 0 Å². The molecule has 2 aromatic rings. The Labute approximate surface area is 130 Å². The highest BCUT2D eigenvalue weighted by atomic mass is 32.2. The minimum absolute atomic E-state index is 0.251. The van der Waals surface area contributed by atoms with Crippen LogP contribution in [-0.2, 0) is 10.0 Å². The molecule has 11 heteroatoms. The van der Waals surface area contributed by atoms with Crippen molar-refractivity contribution in [3.63, 3.8) is 0 Å². The Hall–Kier alpha value is -3.30. The van der Waals surface area contributed by atoms with E-state index in [0.29, 0.717) is 5.69 Å². The molecule has 2 aromatic carbocycles. The molecule has 2 rings (SSSR count). The molecule has 0 amide bonds. The summed E-state index contributed by atoms with van der Waals surface area (Å²) in [7, 11) is -4.04. The average Bonchev–Trinajstić information content (AvgIpc) is 2.49. The molecule has 0 aliphatic heterocycles. The number of nitrogens with one attached hydrogen (secondary N) is 1. The number of hydrogen-bond donors (Lipinski definition) is 2. The Balaban J connectivity index is 2.43. The zero-order valence-corrected chi connectivity index (χ0v) is 12.3. The lowest BCUT2D eigenvalue weighted by Gasteiger charge is -2.08. The van der Waals surface area contributed by atoms with Crippen molar-refractivity contribution in [1.29, 1.82) is 0 Å². The molecule has 0 saturated carbocycles. The Kier molecular flexibility index (Phi) is 4.35. The fourth-order valence-corrected chi connectivity index (χ4v) is 2.79. The van der Waals surface area contributed by atoms with Crippen LogP contribution in [0.25, 0.3) is 10.4 Å². The van der Waals surface area contributed by atoms with Gasteiger partial charge in [-0.25, -0.2) is 8.42 Å². The van der Waals surface area contributed by atoms with E-state index in [-0.39, 0.29) is 16.3 Å². The van der Waals surface area contributed by atoms with Gasteiger partial charge < -0.3 is 5.73 Å². The van der Waals surface area contributed by atoms with Crippen molar-refractivity contribution in [3.05, 3.63) is 63.0 Å². The summed E-state index contributed by atoms with van der Waals surface area (Å²) in [6.45, 7) is 0. The first-order valence-electron chi connectivity index (χ1n) is 6.05. The molecule has 118 valence electrons. The monoisotopic (exact) mass is 334 g/mol. The summed E-state index contributed by atoms with van der Waals surface area (Å²) in [5.74, 6) is 0. The summed E-state index contributed by atoms with van der Waals surface area (Å²) in [5.41, 5.74) is 13.7. The molecule has 0 aliphatic rings. The molecule has 0 spiro atoms. The van der Waals surface area contributed by atoms with Gasteiger partial charge in [-0.3, -0.25) is 14.8 Å². The maximum absolute atomic E-state index is 12.3. The van der Waals surface area contributed by atoms with Crippen LogP contribution in [-0.4, -0.2) is 13.3 Å². The van der Waals surface area contributed by atoms with Gasteiger partial charge in [-0.1, -0.05) is 5.11 Å². The summed E-state index contributed by atoms with van der Waals surface area (Å²) < 4.78 is 26.8. The molecule has 0 heterocycles. The zero-order chi connectivity index (χ0) is 17.0. The Morgan fingerprint density at radius 1 is 1.22 bits per heavy atom. The second kappa shape index (κ2) is 6.22. The fourth-order valence-electron chi connectivity index (χ4n) is 1.71. The number of anilines is 2. The van der Waals surface area contributed by atoms with Crippen molar-refractivity contribution >= 4 is 32.8 Å². The number of nitrogen functional groups attached to an aromatic ring is 1. The Morgan fingerprint density at radius 2 is 1.87 bits per heavy atom. The van der Waals surface area contributed by atoms with E-state index in [0.717, 1.165) is 18.2 Å². The SMILES string of the molecule is [N-]=[N+]=Nc1ccc(S(=O)(=O)Nc2ccc(N)cc2)cc1[N+](=O)[O-]. The van der Waals surface area contributed by atoms with Crippen LogP contribution in [0.2, 0.25) is 0 Å². The van der Waals surface area contributed by atoms with E-state index in [4.69, 9.17) is 11.3 Å². The van der Waals surface area contributed by atoms with Gasteiger partial charge in [0, 0.05) is 22.4 Å². The van der Waals surface area contributed by atoms with Gasteiger partial charge in [-0.05, 0) is 41.9 Å². The summed E-state index contributed by atoms with van der Waals surface area (Å²) in [6.07, 6.45) is 0. The third-order valence-corrected chi connectivity index (χ3v) is 4.15. The standard InChI is InChI=1S/C12H10N6O4S/c13-8-1-3-9(4-2-8)16-23(21,22)10-5-6-11(15-17-14)12(7-10)18(19)20/h1-7,16H,13H2. The number of benzene rings is 2. The minimum Gasteiger partial charge on any atom is -0.399 e. The van der Waals surface area contributed by atoms with E-state index < -0.39 is 20.6 Å². The molecule has 0 saturated heterocycles. The molecule has 0 aliphatic carbocycles. The lowest BCUT2D eigenvalue weighted by atomic mass is 10.3. The number of nitrogens with two attached hydrogens (primary N) is 1. The van der Waals surface area contributed by atoms with E-state index in [9.17, 15) is 18.5 Å². The number of nitro groups is 1. The molecule has 0 bridgehead atoms. The van der Waals surface area contributed by atoms with E-state index in [2.05, 4.69) is 14.7 Å². The normalized spacial score (nSPS) is 10.6. The molecular weight excluding hydrogens is 324 g/mol. The van der Waals surface area contributed by atoms with Crippen molar-refractivity contribution in [2.24, 2.45) is 5.11 Å². The van der Waals surface area contributed by atoms with Gasteiger partial charge in [0.2, 0.25) is 0 Å². The Morgan fingerprint density at radius 3 is 2.43 bits per heavy atom. The number of sulfonamides is 1. The van der Waals surface area contributed by atoms with Crippen molar-refractivity contribution in [2.45, 2.75) is 4.90 Å². The van der Waals surface area contributed by atoms with Crippen molar-refractivity contribution < 1.29 is 13.3 Å². The second-order valence-electron chi connectivity index (χ2n) is 4.32. The predicted molar refractivity (Wildman–Crippen MR) is 83.6 cm³/mol. The quantitative estimate of drug-likeness (QED) is 0.214. The van der Waals surface area contributed by atoms with Gasteiger partial charge in [-0.2, -0.15) is 0 Å². The summed E-state index contributed by atoms with van der Waals surface area (Å²) in [6, 6.07) is 8.91. The van der Waals surface area contributed by atoms with Crippen LogP contribution in [0.15, 0.2) is 52.5 Å². The largest absolute Gasteiger partial charge is 0.399 e. The number of hydrogen-bond acceptors (Lipinski definition) is 6. The van der Waals surface area contributed by atoms with Crippen LogP contribution in [0.3, 0.4) is 0 Å². The first kappa shape index (κ1) is 16.1. The van der Waals surface area contributed by atoms with Crippen molar-refractivity contribution in [3.8, 4) is 0 Å². The van der Waals surface area contributed by atoms with E-state index >= 15 is 0 Å². The minimum atomic E-state index is -4.04. The molecule has 0 unspecified atom stereocenters. The molecule has 3 N–H and O–H groups in total. The van der Waals surface area contributed by atoms with Crippen LogP contribution >= 0.6 is 0 Å². The van der Waals surface area contributed by atoms with Gasteiger partial charge in [0.1, 0.15) is 5.69 Å². The topological polar surface area (TPSA) is 164 Å². The third kappa shape index (κ3) is 3.67. The highest BCUT2D eigenvalue weighted by Gasteiger charge is 2.21. The van der Waals surface area contributed by atoms with Gasteiger partial charge in [0.15, 0.2) is 0 Å². The lowest BCUT2D eigenvalue weighted by molar-refractivity contribution is -0.384. The Bertz CT molecular complexity index is 904. The molecular formula is C12H10N6O4S. The van der Waals surface area contributed by atoms with Crippen LogP contribution in [0, 0.1) is 10.1 Å². The first-order valence-corrected chi connectivity index (χ1v) is 7.54. The van der Waals surface area contributed by atoms with Crippen LogP contribution in [0.5, 0.6) is 0 Å². The van der Waals surface area contributed by atoms with E-state index in [1.807, 2.05) is 0 Å². The number of rotatable bonds is 5. The molecule has 10 nitrogen and oxygen atoms in total. The predicted octanol–water partition coefficient (Wildman–Crippen LogP) is 2.92. The molecule has 0 atom stereocenters. The molecule has 0 aromatic heterocycles. The maximum Gasteiger partial charge on any atom is 0.280 e. The third-order valence-electron chi connectivity index (χ3n) is 2.77. The van der Waals surface area contributed by atoms with Gasteiger partial charge in [0.05, 0.1) is 9.82 Å². The lowest BCUT2D eigenvalue weighted by Crippen LogP contribution is -2.13. The second-order valence-corrected chi connectivity index (χ2v) is 6.01. The molecule has 0 radical (unpaired) electrons.